The molecule has 16 heavy (non-hydrogen) atoms. The molecule has 1 fully saturated rings. The molecule has 2 rings (SSSR count). The molecule has 7 nitrogen and oxygen atoms in total. The first-order valence-electron chi connectivity index (χ1n) is 4.57. The van der Waals surface area contributed by atoms with E-state index in [9.17, 15) is 13.2 Å². The average molecular weight is 242 g/mol. The van der Waals surface area contributed by atoms with E-state index >= 15 is 0 Å². The second-order valence-electron chi connectivity index (χ2n) is 3.52. The van der Waals surface area contributed by atoms with E-state index in [4.69, 9.17) is 5.14 Å². The highest BCUT2D eigenvalue weighted by molar-refractivity contribution is 7.89. The summed E-state index contributed by atoms with van der Waals surface area (Å²) in [6.45, 7) is 0.0728. The third-order valence-electron chi connectivity index (χ3n) is 2.43. The van der Waals surface area contributed by atoms with Gasteiger partial charge in [-0.1, -0.05) is 0 Å². The van der Waals surface area contributed by atoms with Crippen LogP contribution >= 0.6 is 0 Å². The van der Waals surface area contributed by atoms with Crippen LogP contribution < -0.4 is 10.0 Å². The summed E-state index contributed by atoms with van der Waals surface area (Å²) in [6, 6.07) is 1.59. The minimum atomic E-state index is -3.67. The second kappa shape index (κ2) is 3.80. The molecule has 1 saturated heterocycles. The number of nitrogens with two attached hydrogens (primary N) is 1. The summed E-state index contributed by atoms with van der Waals surface area (Å²) in [7, 11) is -3.67. The van der Waals surface area contributed by atoms with Crippen molar-refractivity contribution in [2.24, 2.45) is 5.14 Å². The fraction of sp³-hybridized carbons (Fsp3) is 0.375. The van der Waals surface area contributed by atoms with Gasteiger partial charge in [-0.15, -0.1) is 0 Å². The summed E-state index contributed by atoms with van der Waals surface area (Å²) in [5.74, 6) is -0.271. The van der Waals surface area contributed by atoms with Crippen LogP contribution in [0.4, 0.5) is 5.69 Å². The van der Waals surface area contributed by atoms with E-state index < -0.39 is 15.3 Å². The first kappa shape index (κ1) is 11.0. The van der Waals surface area contributed by atoms with Gasteiger partial charge in [0.15, 0.2) is 0 Å². The number of carbonyl (C=O) groups excluding carboxylic acids is 1. The molecule has 1 unspecified atom stereocenters. The highest BCUT2D eigenvalue weighted by atomic mass is 32.2. The number of amides is 1. The van der Waals surface area contributed by atoms with Crippen molar-refractivity contribution in [3.63, 3.8) is 0 Å². The van der Waals surface area contributed by atoms with E-state index in [0.29, 0.717) is 5.69 Å². The second-order valence-corrected chi connectivity index (χ2v) is 5.36. The van der Waals surface area contributed by atoms with Gasteiger partial charge in [0.1, 0.15) is 5.25 Å². The van der Waals surface area contributed by atoms with E-state index in [-0.39, 0.29) is 18.9 Å². The predicted molar refractivity (Wildman–Crippen MR) is 55.9 cm³/mol. The van der Waals surface area contributed by atoms with Gasteiger partial charge in [0, 0.05) is 13.0 Å². The van der Waals surface area contributed by atoms with Gasteiger partial charge < -0.3 is 4.90 Å². The van der Waals surface area contributed by atoms with Crippen LogP contribution in [0.15, 0.2) is 18.5 Å². The van der Waals surface area contributed by atoms with Gasteiger partial charge in [0.25, 0.3) is 0 Å². The molecule has 1 aromatic rings. The van der Waals surface area contributed by atoms with Crippen LogP contribution in [0.3, 0.4) is 0 Å². The zero-order valence-electron chi connectivity index (χ0n) is 8.28. The van der Waals surface area contributed by atoms with Gasteiger partial charge in [0.2, 0.25) is 15.9 Å². The molecule has 0 aromatic carbocycles. The van der Waals surface area contributed by atoms with Crippen LogP contribution in [0, 0.1) is 0 Å². The fourth-order valence-corrected chi connectivity index (χ4v) is 2.32. The first-order valence-corrected chi connectivity index (χ1v) is 6.18. The SMILES string of the molecule is NS(=O)(=O)C1CC(=O)N(c2ccnnc2)C1. The summed E-state index contributed by atoms with van der Waals surface area (Å²) in [4.78, 5) is 12.9. The van der Waals surface area contributed by atoms with Crippen molar-refractivity contribution in [3.8, 4) is 0 Å². The molecular formula is C8H10N4O3S. The third-order valence-corrected chi connectivity index (χ3v) is 3.68. The number of aromatic nitrogens is 2. The van der Waals surface area contributed by atoms with Gasteiger partial charge in [-0.2, -0.15) is 10.2 Å². The van der Waals surface area contributed by atoms with Crippen LogP contribution in [-0.4, -0.2) is 36.3 Å². The Balaban J connectivity index is 2.25. The van der Waals surface area contributed by atoms with Crippen molar-refractivity contribution < 1.29 is 13.2 Å². The summed E-state index contributed by atoms with van der Waals surface area (Å²) < 4.78 is 22.3. The minimum Gasteiger partial charge on any atom is -0.309 e. The van der Waals surface area contributed by atoms with Gasteiger partial charge in [-0.25, -0.2) is 13.6 Å². The van der Waals surface area contributed by atoms with Crippen molar-refractivity contribution >= 4 is 21.6 Å². The smallest absolute Gasteiger partial charge is 0.228 e. The lowest BCUT2D eigenvalue weighted by atomic mass is 10.4. The predicted octanol–water partition coefficient (Wildman–Crippen LogP) is -1.13. The normalized spacial score (nSPS) is 21.4. The Labute approximate surface area is 92.3 Å². The highest BCUT2D eigenvalue weighted by Gasteiger charge is 2.37. The van der Waals surface area contributed by atoms with Crippen molar-refractivity contribution in [1.82, 2.24) is 10.2 Å². The maximum absolute atomic E-state index is 11.6. The Kier molecular flexibility index (Phi) is 2.60. The highest BCUT2D eigenvalue weighted by Crippen LogP contribution is 2.22. The van der Waals surface area contributed by atoms with Crippen molar-refractivity contribution in [3.05, 3.63) is 18.5 Å². The number of nitrogens with zero attached hydrogens (tertiary/aromatic N) is 3. The maximum atomic E-state index is 11.6. The molecule has 0 aliphatic carbocycles. The molecule has 1 aromatic heterocycles. The first-order chi connectivity index (χ1) is 7.48. The van der Waals surface area contributed by atoms with Gasteiger partial charge >= 0.3 is 0 Å². The van der Waals surface area contributed by atoms with Gasteiger partial charge in [0.05, 0.1) is 18.1 Å². The Bertz CT molecular complexity index is 501. The van der Waals surface area contributed by atoms with Gasteiger partial charge in [-0.05, 0) is 6.07 Å². The van der Waals surface area contributed by atoms with Crippen molar-refractivity contribution in [2.75, 3.05) is 11.4 Å². The fourth-order valence-electron chi connectivity index (χ4n) is 1.59. The zero-order chi connectivity index (χ0) is 11.8. The maximum Gasteiger partial charge on any atom is 0.228 e. The van der Waals surface area contributed by atoms with E-state index in [1.54, 1.807) is 6.07 Å². The van der Waals surface area contributed by atoms with E-state index in [2.05, 4.69) is 10.2 Å². The van der Waals surface area contributed by atoms with Crippen LogP contribution in [0.25, 0.3) is 0 Å². The lowest BCUT2D eigenvalue weighted by molar-refractivity contribution is -0.117. The Morgan fingerprint density at radius 1 is 1.44 bits per heavy atom. The minimum absolute atomic E-state index is 0.0728. The van der Waals surface area contributed by atoms with Crippen molar-refractivity contribution in [1.29, 1.82) is 0 Å². The number of rotatable bonds is 2. The Morgan fingerprint density at radius 3 is 2.69 bits per heavy atom. The van der Waals surface area contributed by atoms with Crippen LogP contribution in [0.5, 0.6) is 0 Å². The molecular weight excluding hydrogens is 232 g/mol. The zero-order valence-corrected chi connectivity index (χ0v) is 9.09. The van der Waals surface area contributed by atoms with E-state index in [0.717, 1.165) is 0 Å². The molecule has 0 radical (unpaired) electrons. The molecule has 2 heterocycles. The molecule has 2 N–H and O–H groups in total. The molecule has 0 bridgehead atoms. The van der Waals surface area contributed by atoms with Crippen LogP contribution in [0.2, 0.25) is 0 Å². The number of hydrogen-bond donors (Lipinski definition) is 1. The Hall–Kier alpha value is -1.54. The number of sulfonamides is 1. The van der Waals surface area contributed by atoms with E-state index in [1.807, 2.05) is 0 Å². The average Bonchev–Trinajstić information content (AvgIpc) is 2.61. The lowest BCUT2D eigenvalue weighted by Crippen LogP contribution is -2.32. The molecule has 86 valence electrons. The quantitative estimate of drug-likeness (QED) is 0.706. The lowest BCUT2D eigenvalue weighted by Gasteiger charge is -2.14. The molecule has 1 atom stereocenters. The number of hydrogen-bond acceptors (Lipinski definition) is 5. The number of carbonyl (C=O) groups is 1. The monoisotopic (exact) mass is 242 g/mol. The van der Waals surface area contributed by atoms with Crippen LogP contribution in [-0.2, 0) is 14.8 Å². The number of primary sulfonamides is 1. The third kappa shape index (κ3) is 2.02. The summed E-state index contributed by atoms with van der Waals surface area (Å²) in [6.07, 6.45) is 2.76. The van der Waals surface area contributed by atoms with Crippen LogP contribution in [0.1, 0.15) is 6.42 Å². The largest absolute Gasteiger partial charge is 0.309 e. The molecule has 0 saturated carbocycles. The summed E-state index contributed by atoms with van der Waals surface area (Å²) >= 11 is 0. The summed E-state index contributed by atoms with van der Waals surface area (Å²) in [5, 5.41) is 11.4. The standard InChI is InChI=1S/C8H10N4O3S/c9-16(14,15)7-3-8(13)12(5-7)6-1-2-10-11-4-6/h1-2,4,7H,3,5H2,(H2,9,14,15). The molecule has 1 aliphatic rings. The summed E-state index contributed by atoms with van der Waals surface area (Å²) in [5.41, 5.74) is 0.533. The molecule has 1 amide bonds. The molecule has 1 aliphatic heterocycles. The number of anilines is 1. The molecule has 8 heteroatoms. The molecule has 0 spiro atoms. The van der Waals surface area contributed by atoms with Gasteiger partial charge in [-0.3, -0.25) is 4.79 Å². The van der Waals surface area contributed by atoms with Crippen molar-refractivity contribution in [2.45, 2.75) is 11.7 Å². The topological polar surface area (TPSA) is 106 Å². The van der Waals surface area contributed by atoms with E-state index in [1.165, 1.54) is 17.3 Å². The Morgan fingerprint density at radius 2 is 2.19 bits per heavy atom.